The number of aliphatic hydroxyl groups excluding tert-OH is 1. The Morgan fingerprint density at radius 2 is 1.94 bits per heavy atom. The molecule has 0 saturated heterocycles. The van der Waals surface area contributed by atoms with Crippen molar-refractivity contribution in [3.63, 3.8) is 0 Å². The highest BCUT2D eigenvalue weighted by atomic mass is 31.2. The van der Waals surface area contributed by atoms with E-state index in [2.05, 4.69) is 4.52 Å². The molecule has 0 aromatic rings. The summed E-state index contributed by atoms with van der Waals surface area (Å²) in [7, 11) is -4.92. The molecule has 0 bridgehead atoms. The molecule has 0 aromatic heterocycles. The number of aliphatic hydroxyl groups is 2. The van der Waals surface area contributed by atoms with Gasteiger partial charge in [0.05, 0.1) is 6.10 Å². The first-order valence-corrected chi connectivity index (χ1v) is 12.7. The van der Waals surface area contributed by atoms with E-state index in [0.717, 1.165) is 5.57 Å². The summed E-state index contributed by atoms with van der Waals surface area (Å²) in [6.07, 6.45) is 1.64. The number of allylic oxidation sites excluding steroid dienone is 1. The Kier molecular flexibility index (Phi) is 5.49. The third-order valence-corrected chi connectivity index (χ3v) is 9.88. The zero-order valence-electron chi connectivity index (χ0n) is 18.6. The van der Waals surface area contributed by atoms with E-state index in [9.17, 15) is 24.4 Å². The summed E-state index contributed by atoms with van der Waals surface area (Å²) < 4.78 is 32.5. The largest absolute Gasteiger partial charge is 0.470 e. The number of carbonyl (C=O) groups excluding carboxylic acids is 2. The van der Waals surface area contributed by atoms with E-state index in [1.807, 2.05) is 0 Å². The number of rotatable bonds is 4. The van der Waals surface area contributed by atoms with Crippen molar-refractivity contribution in [3.8, 4) is 0 Å². The molecule has 4 N–H and O–H groups in total. The number of phosphoric acid groups is 1. The van der Waals surface area contributed by atoms with E-state index in [-0.39, 0.29) is 18.6 Å². The van der Waals surface area contributed by atoms with Crippen LogP contribution in [0.2, 0.25) is 0 Å². The Morgan fingerprint density at radius 3 is 2.56 bits per heavy atom. The third kappa shape index (κ3) is 3.01. The lowest BCUT2D eigenvalue weighted by Gasteiger charge is -2.63. The predicted octanol–water partition coefficient (Wildman–Crippen LogP) is 2.24. The Labute approximate surface area is 186 Å². The molecule has 0 heterocycles. The van der Waals surface area contributed by atoms with Crippen molar-refractivity contribution < 1.29 is 43.1 Å². The first kappa shape index (κ1) is 24.2. The number of fused-ring (bicyclic) bond motifs is 5. The Hall–Kier alpha value is -0.960. The molecule has 4 rings (SSSR count). The Balaban J connectivity index is 1.73. The van der Waals surface area contributed by atoms with Crippen molar-refractivity contribution >= 4 is 19.4 Å². The van der Waals surface area contributed by atoms with E-state index >= 15 is 4.39 Å². The van der Waals surface area contributed by atoms with Crippen molar-refractivity contribution in [1.82, 2.24) is 0 Å². The molecule has 8 nitrogen and oxygen atoms in total. The Morgan fingerprint density at radius 1 is 1.28 bits per heavy atom. The number of Topliss-reactive ketones (excluding diaryl/α,β-unsaturated/α-hetero) is 1. The molecule has 32 heavy (non-hydrogen) atoms. The van der Waals surface area contributed by atoms with Crippen LogP contribution in [0.3, 0.4) is 0 Å². The van der Waals surface area contributed by atoms with E-state index in [4.69, 9.17) is 9.79 Å². The second-order valence-corrected chi connectivity index (χ2v) is 12.0. The van der Waals surface area contributed by atoms with Crippen molar-refractivity contribution in [3.05, 3.63) is 11.6 Å². The first-order chi connectivity index (χ1) is 14.6. The van der Waals surface area contributed by atoms with E-state index in [1.54, 1.807) is 20.8 Å². The zero-order chi connectivity index (χ0) is 23.9. The molecule has 0 unspecified atom stereocenters. The minimum Gasteiger partial charge on any atom is -0.390 e. The summed E-state index contributed by atoms with van der Waals surface area (Å²) in [4.78, 5) is 43.0. The normalized spacial score (nSPS) is 48.5. The number of alkyl halides is 1. The summed E-state index contributed by atoms with van der Waals surface area (Å²) in [5.41, 5.74) is -5.49. The smallest absolute Gasteiger partial charge is 0.390 e. The molecule has 4 aliphatic carbocycles. The standard InChI is InChI=1S/C22H32FO8P/c1-12-8-16-15-5-4-13-9-14(24)6-7-19(13,2)21(15,23)17(25)10-20(16,3)22(12,27)18(26)11-31-32(28,29)30/h9,12,15-17,25,27H,4-8,10-11H2,1-3H3,(H2,28,29,30)/t12-,15+,16+,17+,19+,20+,21+,22+/m1/s1. The molecular weight excluding hydrogens is 442 g/mol. The highest BCUT2D eigenvalue weighted by Crippen LogP contribution is 2.71. The monoisotopic (exact) mass is 474 g/mol. The SMILES string of the molecule is C[C@@H]1C[C@H]2[C@@H]3CCC4=CC(=O)CC[C@]4(C)[C@@]3(F)[C@@H](O)C[C@]2(C)[C@@]1(O)C(=O)COP(=O)(O)O. The van der Waals surface area contributed by atoms with Gasteiger partial charge in [-0.2, -0.15) is 0 Å². The minimum absolute atomic E-state index is 0.0332. The van der Waals surface area contributed by atoms with Gasteiger partial charge in [-0.15, -0.1) is 0 Å². The van der Waals surface area contributed by atoms with Gasteiger partial charge in [0.2, 0.25) is 0 Å². The van der Waals surface area contributed by atoms with Crippen molar-refractivity contribution in [2.75, 3.05) is 6.61 Å². The lowest BCUT2D eigenvalue weighted by Crippen LogP contribution is -2.69. The van der Waals surface area contributed by atoms with Crippen LogP contribution in [-0.4, -0.2) is 55.5 Å². The summed E-state index contributed by atoms with van der Waals surface area (Å²) in [5.74, 6) is -2.57. The fraction of sp³-hybridized carbons (Fsp3) is 0.818. The van der Waals surface area contributed by atoms with Crippen LogP contribution in [0.15, 0.2) is 11.6 Å². The molecule has 0 aliphatic heterocycles. The molecule has 3 saturated carbocycles. The zero-order valence-corrected chi connectivity index (χ0v) is 19.5. The predicted molar refractivity (Wildman–Crippen MR) is 111 cm³/mol. The second kappa shape index (κ2) is 7.27. The average Bonchev–Trinajstić information content (AvgIpc) is 2.89. The molecule has 0 spiro atoms. The van der Waals surface area contributed by atoms with Crippen LogP contribution in [0.25, 0.3) is 0 Å². The van der Waals surface area contributed by atoms with Crippen LogP contribution in [0, 0.1) is 28.6 Å². The van der Waals surface area contributed by atoms with Gasteiger partial charge in [-0.25, -0.2) is 8.96 Å². The van der Waals surface area contributed by atoms with Gasteiger partial charge in [-0.3, -0.25) is 14.1 Å². The fourth-order valence-corrected chi connectivity index (χ4v) is 8.04. The molecule has 10 heteroatoms. The number of halogens is 1. The van der Waals surface area contributed by atoms with Crippen LogP contribution in [-0.2, 0) is 18.7 Å². The topological polar surface area (TPSA) is 141 Å². The first-order valence-electron chi connectivity index (χ1n) is 11.2. The maximum atomic E-state index is 17.1. The van der Waals surface area contributed by atoms with Gasteiger partial charge < -0.3 is 20.0 Å². The molecule has 0 radical (unpaired) electrons. The van der Waals surface area contributed by atoms with Gasteiger partial charge in [0.15, 0.2) is 11.6 Å². The van der Waals surface area contributed by atoms with Gasteiger partial charge >= 0.3 is 7.82 Å². The maximum absolute atomic E-state index is 17.1. The fourth-order valence-electron chi connectivity index (χ4n) is 7.75. The molecular formula is C22H32FO8P. The lowest BCUT2D eigenvalue weighted by molar-refractivity contribution is -0.228. The quantitative estimate of drug-likeness (QED) is 0.455. The minimum atomic E-state index is -4.92. The van der Waals surface area contributed by atoms with Crippen LogP contribution in [0.1, 0.15) is 59.3 Å². The third-order valence-electron chi connectivity index (χ3n) is 9.41. The van der Waals surface area contributed by atoms with Crippen molar-refractivity contribution in [1.29, 1.82) is 0 Å². The van der Waals surface area contributed by atoms with Crippen LogP contribution >= 0.6 is 7.82 Å². The van der Waals surface area contributed by atoms with Crippen molar-refractivity contribution in [2.45, 2.75) is 76.7 Å². The highest BCUT2D eigenvalue weighted by Gasteiger charge is 2.75. The maximum Gasteiger partial charge on any atom is 0.470 e. The second-order valence-electron chi connectivity index (χ2n) is 10.7. The van der Waals surface area contributed by atoms with Gasteiger partial charge in [-0.1, -0.05) is 26.3 Å². The van der Waals surface area contributed by atoms with Gasteiger partial charge in [0.1, 0.15) is 17.9 Å². The summed E-state index contributed by atoms with van der Waals surface area (Å²) in [6.45, 7) is 4.13. The number of hydrogen-bond donors (Lipinski definition) is 4. The van der Waals surface area contributed by atoms with Crippen LogP contribution < -0.4 is 0 Å². The van der Waals surface area contributed by atoms with Crippen molar-refractivity contribution in [2.24, 2.45) is 28.6 Å². The van der Waals surface area contributed by atoms with E-state index < -0.39 is 66.2 Å². The molecule has 0 aromatic carbocycles. The van der Waals surface area contributed by atoms with E-state index in [1.165, 1.54) is 6.08 Å². The van der Waals surface area contributed by atoms with Crippen LogP contribution in [0.4, 0.5) is 4.39 Å². The lowest BCUT2D eigenvalue weighted by atomic mass is 9.44. The summed E-state index contributed by atoms with van der Waals surface area (Å²) >= 11 is 0. The van der Waals surface area contributed by atoms with E-state index in [0.29, 0.717) is 25.7 Å². The number of carbonyl (C=O) groups is 2. The van der Waals surface area contributed by atoms with Gasteiger partial charge in [0.25, 0.3) is 0 Å². The summed E-state index contributed by atoms with van der Waals surface area (Å²) in [6, 6.07) is 0. The molecule has 4 aliphatic rings. The van der Waals surface area contributed by atoms with Crippen LogP contribution in [0.5, 0.6) is 0 Å². The number of phosphoric ester groups is 1. The molecule has 8 atom stereocenters. The number of ketones is 2. The average molecular weight is 474 g/mol. The number of hydrogen-bond acceptors (Lipinski definition) is 6. The summed E-state index contributed by atoms with van der Waals surface area (Å²) in [5, 5.41) is 22.9. The van der Waals surface area contributed by atoms with Gasteiger partial charge in [-0.05, 0) is 50.0 Å². The molecule has 0 amide bonds. The Bertz CT molecular complexity index is 931. The molecule has 3 fully saturated rings. The van der Waals surface area contributed by atoms with Gasteiger partial charge in [0, 0.05) is 23.2 Å². The molecule has 180 valence electrons. The highest BCUT2D eigenvalue weighted by molar-refractivity contribution is 7.46.